The van der Waals surface area contributed by atoms with Gasteiger partial charge in [-0.25, -0.2) is 16.8 Å². The first-order valence-electron chi connectivity index (χ1n) is 4.49. The Balaban J connectivity index is 2.74. The first-order chi connectivity index (χ1) is 6.31. The lowest BCUT2D eigenvalue weighted by atomic mass is 10.0. The maximum atomic E-state index is 11.5. The van der Waals surface area contributed by atoms with E-state index in [2.05, 4.69) is 4.13 Å². The van der Waals surface area contributed by atoms with Gasteiger partial charge in [0.2, 0.25) is 0 Å². The van der Waals surface area contributed by atoms with Crippen LogP contribution in [0.3, 0.4) is 0 Å². The lowest BCUT2D eigenvalue weighted by Gasteiger charge is -2.28. The highest BCUT2D eigenvalue weighted by Gasteiger charge is 2.22. The van der Waals surface area contributed by atoms with E-state index in [1.807, 2.05) is 0 Å². The van der Waals surface area contributed by atoms with Crippen LogP contribution in [-0.4, -0.2) is 28.3 Å². The topological polar surface area (TPSA) is 82.4 Å². The fourth-order valence-electron chi connectivity index (χ4n) is 1.61. The molecule has 0 bridgehead atoms. The number of rotatable bonds is 3. The standard InChI is InChI=1S/C7H14NO4S2/c1-13(9,10)8-14(11,12)7-5-3-2-4-6-7/h7H,2-6H2,1H3/q-1. The van der Waals surface area contributed by atoms with E-state index in [1.54, 1.807) is 0 Å². The van der Waals surface area contributed by atoms with Crippen molar-refractivity contribution < 1.29 is 16.8 Å². The van der Waals surface area contributed by atoms with Crippen LogP contribution in [0.2, 0.25) is 0 Å². The highest BCUT2D eigenvalue weighted by Crippen LogP contribution is 2.27. The highest BCUT2D eigenvalue weighted by atomic mass is 32.3. The molecule has 84 valence electrons. The monoisotopic (exact) mass is 240 g/mol. The van der Waals surface area contributed by atoms with Crippen LogP contribution in [0.5, 0.6) is 0 Å². The third kappa shape index (κ3) is 3.55. The smallest absolute Gasteiger partial charge is 0.0859 e. The van der Waals surface area contributed by atoms with Crippen molar-refractivity contribution >= 4 is 20.0 Å². The van der Waals surface area contributed by atoms with Crippen molar-refractivity contribution in [3.05, 3.63) is 4.13 Å². The molecule has 0 heterocycles. The van der Waals surface area contributed by atoms with Crippen LogP contribution in [0.15, 0.2) is 0 Å². The van der Waals surface area contributed by atoms with Crippen LogP contribution in [0, 0.1) is 0 Å². The van der Waals surface area contributed by atoms with E-state index in [1.165, 1.54) is 0 Å². The third-order valence-corrected chi connectivity index (χ3v) is 5.44. The molecule has 1 fully saturated rings. The summed E-state index contributed by atoms with van der Waals surface area (Å²) in [5, 5.41) is -0.592. The second-order valence-electron chi connectivity index (χ2n) is 3.58. The fraction of sp³-hybridized carbons (Fsp3) is 1.00. The van der Waals surface area contributed by atoms with Crippen LogP contribution in [0.25, 0.3) is 4.13 Å². The van der Waals surface area contributed by atoms with Gasteiger partial charge in [-0.05, 0) is 12.8 Å². The molecule has 0 aromatic carbocycles. The largest absolute Gasteiger partial charge is 0.436 e. The first kappa shape index (κ1) is 11.9. The van der Waals surface area contributed by atoms with Crippen molar-refractivity contribution in [2.24, 2.45) is 0 Å². The van der Waals surface area contributed by atoms with E-state index in [-0.39, 0.29) is 0 Å². The molecule has 1 aliphatic carbocycles. The van der Waals surface area contributed by atoms with Gasteiger partial charge in [0.05, 0.1) is 20.0 Å². The van der Waals surface area contributed by atoms with E-state index in [0.717, 1.165) is 25.5 Å². The summed E-state index contributed by atoms with van der Waals surface area (Å²) < 4.78 is 47.3. The van der Waals surface area contributed by atoms with E-state index in [9.17, 15) is 16.8 Å². The van der Waals surface area contributed by atoms with Crippen molar-refractivity contribution in [1.82, 2.24) is 0 Å². The van der Waals surface area contributed by atoms with Crippen LogP contribution in [-0.2, 0) is 20.0 Å². The molecule has 0 aromatic rings. The molecule has 7 heteroatoms. The Morgan fingerprint density at radius 1 is 1.00 bits per heavy atom. The molecule has 0 unspecified atom stereocenters. The Kier molecular flexibility index (Phi) is 3.54. The predicted molar refractivity (Wildman–Crippen MR) is 54.0 cm³/mol. The molecular formula is C7H14NO4S2-. The Morgan fingerprint density at radius 2 is 1.50 bits per heavy atom. The molecule has 5 nitrogen and oxygen atoms in total. The van der Waals surface area contributed by atoms with Gasteiger partial charge >= 0.3 is 0 Å². The number of hydrogen-bond acceptors (Lipinski definition) is 4. The zero-order valence-electron chi connectivity index (χ0n) is 8.01. The summed E-state index contributed by atoms with van der Waals surface area (Å²) in [5.41, 5.74) is 0. The zero-order chi connectivity index (χ0) is 10.8. The maximum absolute atomic E-state index is 11.5. The molecule has 0 radical (unpaired) electrons. The minimum Gasteiger partial charge on any atom is -0.436 e. The minimum atomic E-state index is -3.80. The van der Waals surface area contributed by atoms with Crippen molar-refractivity contribution in [1.29, 1.82) is 0 Å². The summed E-state index contributed by atoms with van der Waals surface area (Å²) in [7, 11) is -7.60. The maximum Gasteiger partial charge on any atom is 0.0859 e. The van der Waals surface area contributed by atoms with Gasteiger partial charge in [-0.15, -0.1) is 0 Å². The molecule has 0 amide bonds. The summed E-state index contributed by atoms with van der Waals surface area (Å²) >= 11 is 0. The van der Waals surface area contributed by atoms with Gasteiger partial charge in [0, 0.05) is 11.5 Å². The second-order valence-corrected chi connectivity index (χ2v) is 7.34. The Bertz CT molecular complexity index is 378. The summed E-state index contributed by atoms with van der Waals surface area (Å²) in [4.78, 5) is 0. The molecule has 1 rings (SSSR count). The molecule has 0 spiro atoms. The second kappa shape index (κ2) is 4.16. The molecular weight excluding hydrogens is 226 g/mol. The first-order valence-corrected chi connectivity index (χ1v) is 7.84. The number of hydrogen-bond donors (Lipinski definition) is 0. The van der Waals surface area contributed by atoms with E-state index >= 15 is 0 Å². The van der Waals surface area contributed by atoms with Crippen molar-refractivity contribution in [2.75, 3.05) is 6.26 Å². The number of nitrogens with zero attached hydrogens (tertiary/aromatic N) is 1. The Morgan fingerprint density at radius 3 is 1.93 bits per heavy atom. The molecule has 0 aromatic heterocycles. The fourth-order valence-corrected chi connectivity index (χ4v) is 4.54. The van der Waals surface area contributed by atoms with E-state index in [0.29, 0.717) is 12.8 Å². The molecule has 1 saturated carbocycles. The van der Waals surface area contributed by atoms with Crippen molar-refractivity contribution in [2.45, 2.75) is 37.4 Å². The van der Waals surface area contributed by atoms with E-state index in [4.69, 9.17) is 0 Å². The van der Waals surface area contributed by atoms with Gasteiger partial charge in [-0.2, -0.15) is 0 Å². The average Bonchev–Trinajstić information content (AvgIpc) is 2.01. The predicted octanol–water partition coefficient (Wildman–Crippen LogP) is 0.982. The molecule has 0 atom stereocenters. The summed E-state index contributed by atoms with van der Waals surface area (Å²) in [5.74, 6) is 0. The molecule has 0 aliphatic heterocycles. The SMILES string of the molecule is CS(=O)(=O)[N-]S(=O)(=O)C1CCCCC1. The molecule has 1 aliphatic rings. The van der Waals surface area contributed by atoms with Crippen molar-refractivity contribution in [3.63, 3.8) is 0 Å². The van der Waals surface area contributed by atoms with Crippen LogP contribution < -0.4 is 0 Å². The van der Waals surface area contributed by atoms with E-state index < -0.39 is 25.3 Å². The molecule has 0 saturated heterocycles. The third-order valence-electron chi connectivity index (χ3n) is 2.21. The van der Waals surface area contributed by atoms with Gasteiger partial charge in [-0.3, -0.25) is 0 Å². The zero-order valence-corrected chi connectivity index (χ0v) is 9.64. The normalized spacial score (nSPS) is 20.9. The van der Waals surface area contributed by atoms with Crippen molar-refractivity contribution in [3.8, 4) is 0 Å². The number of sulfonamides is 2. The average molecular weight is 240 g/mol. The lowest BCUT2D eigenvalue weighted by Crippen LogP contribution is -2.24. The molecule has 0 N–H and O–H groups in total. The van der Waals surface area contributed by atoms with Crippen LogP contribution in [0.1, 0.15) is 32.1 Å². The summed E-state index contributed by atoms with van der Waals surface area (Å²) in [6.07, 6.45) is 4.55. The molecule has 14 heavy (non-hydrogen) atoms. The quantitative estimate of drug-likeness (QED) is 0.736. The highest BCUT2D eigenvalue weighted by molar-refractivity contribution is 8.12. The Labute approximate surface area is 85.0 Å². The van der Waals surface area contributed by atoms with Gasteiger partial charge in [-0.1, -0.05) is 19.3 Å². The van der Waals surface area contributed by atoms with Gasteiger partial charge in [0.15, 0.2) is 0 Å². The summed E-state index contributed by atoms with van der Waals surface area (Å²) in [6.45, 7) is 0. The summed E-state index contributed by atoms with van der Waals surface area (Å²) in [6, 6.07) is 0. The van der Waals surface area contributed by atoms with Crippen LogP contribution in [0.4, 0.5) is 0 Å². The minimum absolute atomic E-state index is 0.529. The lowest BCUT2D eigenvalue weighted by molar-refractivity contribution is 0.487. The Hall–Kier alpha value is -0.140. The van der Waals surface area contributed by atoms with Gasteiger partial charge in [0.1, 0.15) is 0 Å². The van der Waals surface area contributed by atoms with Gasteiger partial charge in [0.25, 0.3) is 0 Å². The van der Waals surface area contributed by atoms with Gasteiger partial charge < -0.3 is 4.13 Å². The van der Waals surface area contributed by atoms with Crippen LogP contribution >= 0.6 is 0 Å².